The monoisotopic (exact) mass is 395 g/mol. The Bertz CT molecular complexity index is 867. The Morgan fingerprint density at radius 3 is 2.61 bits per heavy atom. The van der Waals surface area contributed by atoms with Gasteiger partial charge in [0.25, 0.3) is 5.91 Å². The van der Waals surface area contributed by atoms with Crippen LogP contribution in [0, 0.1) is 0 Å². The molecule has 0 spiro atoms. The van der Waals surface area contributed by atoms with Crippen molar-refractivity contribution in [2.75, 3.05) is 13.1 Å². The summed E-state index contributed by atoms with van der Waals surface area (Å²) in [5.41, 5.74) is 2.89. The maximum absolute atomic E-state index is 13.2. The van der Waals surface area contributed by atoms with Crippen molar-refractivity contribution in [3.63, 3.8) is 0 Å². The molecule has 2 aliphatic rings. The first-order valence-corrected chi connectivity index (χ1v) is 10.4. The fraction of sp³-hybridized carbons (Fsp3) is 0.391. The Labute approximate surface area is 171 Å². The molecule has 4 rings (SSSR count). The van der Waals surface area contributed by atoms with E-state index in [9.17, 15) is 4.79 Å². The second kappa shape index (κ2) is 8.46. The number of hydrogen-bond acceptors (Lipinski definition) is 3. The van der Waals surface area contributed by atoms with Crippen molar-refractivity contribution < 1.29 is 4.79 Å². The number of benzene rings is 2. The molecule has 2 heterocycles. The molecule has 1 saturated heterocycles. The molecule has 2 aromatic carbocycles. The van der Waals surface area contributed by atoms with Gasteiger partial charge in [0.1, 0.15) is 0 Å². The van der Waals surface area contributed by atoms with E-state index in [1.807, 2.05) is 42.5 Å². The Hall–Kier alpha value is -2.17. The van der Waals surface area contributed by atoms with Crippen molar-refractivity contribution in [2.24, 2.45) is 5.10 Å². The van der Waals surface area contributed by atoms with E-state index in [2.05, 4.69) is 24.0 Å². The summed E-state index contributed by atoms with van der Waals surface area (Å²) in [5, 5.41) is 7.12. The summed E-state index contributed by atoms with van der Waals surface area (Å²) in [7, 11) is 0. The average Bonchev–Trinajstić information content (AvgIpc) is 3.16. The van der Waals surface area contributed by atoms with Crippen molar-refractivity contribution in [3.8, 4) is 0 Å². The van der Waals surface area contributed by atoms with Crippen LogP contribution in [0.15, 0.2) is 59.7 Å². The van der Waals surface area contributed by atoms with Crippen LogP contribution in [-0.4, -0.2) is 40.7 Å². The average molecular weight is 396 g/mol. The highest BCUT2D eigenvalue weighted by molar-refractivity contribution is 6.34. The molecule has 0 aliphatic carbocycles. The van der Waals surface area contributed by atoms with Gasteiger partial charge in [-0.1, -0.05) is 66.6 Å². The number of amides is 1. The van der Waals surface area contributed by atoms with Gasteiger partial charge in [-0.15, -0.1) is 0 Å². The zero-order valence-corrected chi connectivity index (χ0v) is 17.0. The minimum absolute atomic E-state index is 0.0599. The van der Waals surface area contributed by atoms with E-state index in [4.69, 9.17) is 16.7 Å². The van der Waals surface area contributed by atoms with Crippen molar-refractivity contribution in [3.05, 3.63) is 70.7 Å². The second-order valence-corrected chi connectivity index (χ2v) is 8.12. The molecule has 0 saturated carbocycles. The molecule has 0 radical (unpaired) electrons. The van der Waals surface area contributed by atoms with E-state index in [0.29, 0.717) is 24.0 Å². The lowest BCUT2D eigenvalue weighted by atomic mass is 9.98. The zero-order chi connectivity index (χ0) is 19.5. The molecular formula is C23H26ClN3O. The number of hydrazone groups is 1. The molecule has 2 unspecified atom stereocenters. The molecule has 2 atom stereocenters. The first-order valence-electron chi connectivity index (χ1n) is 10.1. The number of nitrogens with zero attached hydrogens (tertiary/aromatic N) is 3. The zero-order valence-electron chi connectivity index (χ0n) is 16.2. The van der Waals surface area contributed by atoms with E-state index in [1.165, 1.54) is 6.42 Å². The lowest BCUT2D eigenvalue weighted by molar-refractivity contribution is -0.135. The van der Waals surface area contributed by atoms with Crippen LogP contribution < -0.4 is 0 Å². The van der Waals surface area contributed by atoms with E-state index >= 15 is 0 Å². The molecule has 1 amide bonds. The third-order valence-corrected chi connectivity index (χ3v) is 6.14. The van der Waals surface area contributed by atoms with Gasteiger partial charge in [-0.2, -0.15) is 5.10 Å². The molecule has 5 heteroatoms. The van der Waals surface area contributed by atoms with Crippen molar-refractivity contribution >= 4 is 23.2 Å². The lowest BCUT2D eigenvalue weighted by Gasteiger charge is -2.34. The molecule has 2 aliphatic heterocycles. The molecular weight excluding hydrogens is 370 g/mol. The van der Waals surface area contributed by atoms with Crippen LogP contribution in [0.2, 0.25) is 5.02 Å². The van der Waals surface area contributed by atoms with Crippen LogP contribution in [0.1, 0.15) is 49.8 Å². The van der Waals surface area contributed by atoms with Gasteiger partial charge in [0.2, 0.25) is 0 Å². The van der Waals surface area contributed by atoms with Crippen LogP contribution in [0.5, 0.6) is 0 Å². The fourth-order valence-electron chi connectivity index (χ4n) is 4.17. The summed E-state index contributed by atoms with van der Waals surface area (Å²) < 4.78 is 0. The van der Waals surface area contributed by atoms with Crippen LogP contribution in [0.25, 0.3) is 0 Å². The van der Waals surface area contributed by atoms with Gasteiger partial charge in [0.05, 0.1) is 18.3 Å². The third kappa shape index (κ3) is 3.98. The van der Waals surface area contributed by atoms with Crippen molar-refractivity contribution in [2.45, 2.75) is 44.7 Å². The number of likely N-dealkylation sites (tertiary alicyclic amines) is 1. The number of rotatable bonds is 4. The lowest BCUT2D eigenvalue weighted by Crippen LogP contribution is -2.44. The van der Waals surface area contributed by atoms with Gasteiger partial charge in [-0.3, -0.25) is 9.69 Å². The normalized spacial score (nSPS) is 22.9. The van der Waals surface area contributed by atoms with Gasteiger partial charge < -0.3 is 0 Å². The smallest absolute Gasteiger partial charge is 0.257 e. The highest BCUT2D eigenvalue weighted by Crippen LogP contribution is 2.34. The molecule has 1 fully saturated rings. The van der Waals surface area contributed by atoms with Crippen molar-refractivity contribution in [1.82, 2.24) is 9.91 Å². The summed E-state index contributed by atoms with van der Waals surface area (Å²) in [4.78, 5) is 15.5. The number of piperidine rings is 1. The molecule has 4 nitrogen and oxygen atoms in total. The maximum Gasteiger partial charge on any atom is 0.257 e. The molecule has 0 N–H and O–H groups in total. The van der Waals surface area contributed by atoms with Crippen LogP contribution in [0.4, 0.5) is 0 Å². The number of carbonyl (C=O) groups excluding carboxylic acids is 1. The molecule has 0 aromatic heterocycles. The number of hydrogen-bond donors (Lipinski definition) is 0. The molecule has 146 valence electrons. The topological polar surface area (TPSA) is 35.9 Å². The Morgan fingerprint density at radius 1 is 1.11 bits per heavy atom. The second-order valence-electron chi connectivity index (χ2n) is 7.71. The van der Waals surface area contributed by atoms with Crippen LogP contribution in [-0.2, 0) is 4.79 Å². The van der Waals surface area contributed by atoms with Gasteiger partial charge in [-0.05, 0) is 37.9 Å². The molecule has 0 bridgehead atoms. The van der Waals surface area contributed by atoms with E-state index in [1.54, 1.807) is 5.01 Å². The molecule has 2 aromatic rings. The van der Waals surface area contributed by atoms with Crippen LogP contribution in [0.3, 0.4) is 0 Å². The largest absolute Gasteiger partial charge is 0.292 e. The van der Waals surface area contributed by atoms with Crippen molar-refractivity contribution in [1.29, 1.82) is 0 Å². The van der Waals surface area contributed by atoms with E-state index < -0.39 is 0 Å². The summed E-state index contributed by atoms with van der Waals surface area (Å²) in [5.74, 6) is 0.0599. The Balaban J connectivity index is 1.61. The van der Waals surface area contributed by atoms with E-state index in [-0.39, 0.29) is 11.9 Å². The summed E-state index contributed by atoms with van der Waals surface area (Å²) in [6.07, 6.45) is 4.24. The standard InChI is InChI=1S/C23H26ClN3O/c1-17-9-7-8-14-26(17)16-23(28)27-22(18-10-3-2-4-11-18)15-21(25-27)19-12-5-6-13-20(19)24/h2-6,10-13,17,22H,7-9,14-16H2,1H3. The Kier molecular flexibility index (Phi) is 5.79. The highest BCUT2D eigenvalue weighted by Gasteiger charge is 2.34. The Morgan fingerprint density at radius 2 is 1.86 bits per heavy atom. The quantitative estimate of drug-likeness (QED) is 0.738. The SMILES string of the molecule is CC1CCCCN1CC(=O)N1N=C(c2ccccc2Cl)CC1c1ccccc1. The predicted octanol–water partition coefficient (Wildman–Crippen LogP) is 4.89. The number of halogens is 1. The van der Waals surface area contributed by atoms with Gasteiger partial charge >= 0.3 is 0 Å². The maximum atomic E-state index is 13.2. The van der Waals surface area contributed by atoms with Gasteiger partial charge in [0, 0.05) is 23.0 Å². The first kappa shape index (κ1) is 19.2. The molecule has 28 heavy (non-hydrogen) atoms. The predicted molar refractivity (Wildman–Crippen MR) is 114 cm³/mol. The number of carbonyl (C=O) groups is 1. The summed E-state index contributed by atoms with van der Waals surface area (Å²) in [6, 6.07) is 18.2. The minimum Gasteiger partial charge on any atom is -0.292 e. The summed E-state index contributed by atoms with van der Waals surface area (Å²) in [6.45, 7) is 3.62. The highest BCUT2D eigenvalue weighted by atomic mass is 35.5. The van der Waals surface area contributed by atoms with E-state index in [0.717, 1.165) is 36.2 Å². The summed E-state index contributed by atoms with van der Waals surface area (Å²) >= 11 is 6.41. The first-order chi connectivity index (χ1) is 13.6. The fourth-order valence-corrected chi connectivity index (χ4v) is 4.42. The third-order valence-electron chi connectivity index (χ3n) is 5.81. The van der Waals surface area contributed by atoms with Crippen LogP contribution >= 0.6 is 11.6 Å². The van der Waals surface area contributed by atoms with Gasteiger partial charge in [-0.25, -0.2) is 5.01 Å². The minimum atomic E-state index is -0.0833. The van der Waals surface area contributed by atoms with Gasteiger partial charge in [0.15, 0.2) is 0 Å².